The molecule has 0 saturated heterocycles. The highest BCUT2D eigenvalue weighted by molar-refractivity contribution is 5.45. The Labute approximate surface area is 95.8 Å². The number of methoxy groups -OCH3 is 1. The van der Waals surface area contributed by atoms with Crippen molar-refractivity contribution in [3.05, 3.63) is 29.3 Å². The summed E-state index contributed by atoms with van der Waals surface area (Å²) in [7, 11) is 3.43. The Morgan fingerprint density at radius 3 is 2.88 bits per heavy atom. The van der Waals surface area contributed by atoms with Crippen molar-refractivity contribution in [2.24, 2.45) is 0 Å². The maximum absolute atomic E-state index is 8.90. The molecule has 0 bridgehead atoms. The molecule has 0 atom stereocenters. The summed E-state index contributed by atoms with van der Waals surface area (Å²) in [6.45, 7) is 1.99. The summed E-state index contributed by atoms with van der Waals surface area (Å²) in [5, 5.41) is 11.9. The molecule has 4 nitrogen and oxygen atoms in total. The van der Waals surface area contributed by atoms with Crippen LogP contribution in [0.4, 0.5) is 0 Å². The highest BCUT2D eigenvalue weighted by Gasteiger charge is 2.03. The number of hydrogen-bond acceptors (Lipinski definition) is 4. The zero-order valence-electron chi connectivity index (χ0n) is 9.62. The fourth-order valence-corrected chi connectivity index (χ4v) is 1.30. The predicted molar refractivity (Wildman–Crippen MR) is 61.3 cm³/mol. The first-order chi connectivity index (χ1) is 7.81. The molecule has 16 heavy (non-hydrogen) atoms. The van der Waals surface area contributed by atoms with E-state index in [-0.39, 0.29) is 0 Å². The molecule has 0 amide bonds. The average Bonchev–Trinajstić information content (AvgIpc) is 2.34. The number of hydrogen-bond donors (Lipinski definition) is 1. The molecular weight excluding hydrogens is 204 g/mol. The van der Waals surface area contributed by atoms with Gasteiger partial charge < -0.3 is 14.8 Å². The van der Waals surface area contributed by atoms with Crippen LogP contribution in [-0.4, -0.2) is 27.3 Å². The molecular formula is C12H16N2O2. The molecule has 0 spiro atoms. The first-order valence-electron chi connectivity index (χ1n) is 5.11. The van der Waals surface area contributed by atoms with Crippen molar-refractivity contribution >= 4 is 0 Å². The molecule has 0 radical (unpaired) electrons. The summed E-state index contributed by atoms with van der Waals surface area (Å²) in [5.41, 5.74) is 1.52. The topological polar surface area (TPSA) is 54.3 Å². The Bertz CT molecular complexity index is 372. The van der Waals surface area contributed by atoms with E-state index in [9.17, 15) is 0 Å². The molecule has 0 unspecified atom stereocenters. The molecule has 1 N–H and O–H groups in total. The zero-order chi connectivity index (χ0) is 11.8. The Morgan fingerprint density at radius 2 is 2.25 bits per heavy atom. The third-order valence-electron chi connectivity index (χ3n) is 2.15. The normalized spacial score (nSPS) is 9.81. The molecule has 0 aliphatic rings. The third kappa shape index (κ3) is 3.54. The van der Waals surface area contributed by atoms with Gasteiger partial charge in [0.05, 0.1) is 25.9 Å². The van der Waals surface area contributed by atoms with Crippen LogP contribution in [0.5, 0.6) is 5.75 Å². The Kier molecular flexibility index (Phi) is 5.34. The summed E-state index contributed by atoms with van der Waals surface area (Å²) in [6, 6.07) is 7.57. The minimum atomic E-state index is 0.514. The van der Waals surface area contributed by atoms with Crippen LogP contribution in [0.3, 0.4) is 0 Å². The van der Waals surface area contributed by atoms with Crippen LogP contribution < -0.4 is 10.1 Å². The molecule has 86 valence electrons. The van der Waals surface area contributed by atoms with E-state index in [2.05, 4.69) is 11.4 Å². The van der Waals surface area contributed by atoms with E-state index < -0.39 is 0 Å². The summed E-state index contributed by atoms with van der Waals surface area (Å²) in [5.74, 6) is 0.599. The minimum Gasteiger partial charge on any atom is -0.495 e. The van der Waals surface area contributed by atoms with Gasteiger partial charge in [0.15, 0.2) is 0 Å². The van der Waals surface area contributed by atoms with Crippen molar-refractivity contribution in [3.63, 3.8) is 0 Å². The van der Waals surface area contributed by atoms with Gasteiger partial charge in [-0.25, -0.2) is 0 Å². The maximum Gasteiger partial charge on any atom is 0.136 e. The second kappa shape index (κ2) is 6.83. The number of nitrogens with zero attached hydrogens (tertiary/aromatic N) is 1. The molecule has 1 rings (SSSR count). The first-order valence-corrected chi connectivity index (χ1v) is 5.11. The minimum absolute atomic E-state index is 0.514. The molecule has 0 fully saturated rings. The van der Waals surface area contributed by atoms with Crippen molar-refractivity contribution in [2.75, 3.05) is 27.3 Å². The standard InChI is InChI=1S/C12H16N2O2/c1-14-5-6-16-9-10-3-4-12(15-2)11(7-10)8-13/h3-4,7,14H,5-6,9H2,1-2H3. The van der Waals surface area contributed by atoms with Crippen molar-refractivity contribution in [1.29, 1.82) is 5.26 Å². The van der Waals surface area contributed by atoms with Crippen LogP contribution in [0.2, 0.25) is 0 Å². The quantitative estimate of drug-likeness (QED) is 0.734. The smallest absolute Gasteiger partial charge is 0.136 e. The summed E-state index contributed by atoms with van der Waals surface area (Å²) in [6.07, 6.45) is 0. The van der Waals surface area contributed by atoms with Gasteiger partial charge in [-0.15, -0.1) is 0 Å². The summed E-state index contributed by atoms with van der Waals surface area (Å²) >= 11 is 0. The molecule has 1 aromatic carbocycles. The fourth-order valence-electron chi connectivity index (χ4n) is 1.30. The van der Waals surface area contributed by atoms with Crippen LogP contribution in [0.25, 0.3) is 0 Å². The van der Waals surface area contributed by atoms with Gasteiger partial charge in [0.1, 0.15) is 11.8 Å². The van der Waals surface area contributed by atoms with Gasteiger partial charge in [-0.1, -0.05) is 6.07 Å². The lowest BCUT2D eigenvalue weighted by Gasteiger charge is -2.06. The number of benzene rings is 1. The monoisotopic (exact) mass is 220 g/mol. The predicted octanol–water partition coefficient (Wildman–Crippen LogP) is 1.30. The lowest BCUT2D eigenvalue weighted by Crippen LogP contribution is -2.14. The van der Waals surface area contributed by atoms with Crippen molar-refractivity contribution in [2.45, 2.75) is 6.61 Å². The molecule has 1 aromatic rings. The van der Waals surface area contributed by atoms with E-state index in [4.69, 9.17) is 14.7 Å². The van der Waals surface area contributed by atoms with E-state index in [1.165, 1.54) is 0 Å². The lowest BCUT2D eigenvalue weighted by atomic mass is 10.1. The van der Waals surface area contributed by atoms with Gasteiger partial charge in [-0.05, 0) is 24.7 Å². The number of rotatable bonds is 6. The molecule has 0 aromatic heterocycles. The van der Waals surface area contributed by atoms with Crippen LogP contribution in [0, 0.1) is 11.3 Å². The Balaban J connectivity index is 2.58. The summed E-state index contributed by atoms with van der Waals surface area (Å²) in [4.78, 5) is 0. The Morgan fingerprint density at radius 1 is 1.44 bits per heavy atom. The van der Waals surface area contributed by atoms with E-state index in [0.29, 0.717) is 24.5 Å². The summed E-state index contributed by atoms with van der Waals surface area (Å²) < 4.78 is 10.5. The van der Waals surface area contributed by atoms with Gasteiger partial charge in [0.25, 0.3) is 0 Å². The molecule has 0 heterocycles. The molecule has 0 aliphatic heterocycles. The SMILES string of the molecule is CNCCOCc1ccc(OC)c(C#N)c1. The third-order valence-corrected chi connectivity index (χ3v) is 2.15. The number of nitriles is 1. The zero-order valence-corrected chi connectivity index (χ0v) is 9.62. The molecule has 0 saturated carbocycles. The van der Waals surface area contributed by atoms with Gasteiger partial charge >= 0.3 is 0 Å². The van der Waals surface area contributed by atoms with Gasteiger partial charge in [0.2, 0.25) is 0 Å². The number of nitrogens with one attached hydrogen (secondary N) is 1. The second-order valence-electron chi connectivity index (χ2n) is 3.30. The van der Waals surface area contributed by atoms with Gasteiger partial charge in [0, 0.05) is 6.54 Å². The van der Waals surface area contributed by atoms with Crippen molar-refractivity contribution < 1.29 is 9.47 Å². The van der Waals surface area contributed by atoms with Crippen LogP contribution in [-0.2, 0) is 11.3 Å². The number of likely N-dealkylation sites (N-methyl/N-ethyl adjacent to an activating group) is 1. The first kappa shape index (κ1) is 12.5. The van der Waals surface area contributed by atoms with E-state index in [1.54, 1.807) is 19.2 Å². The van der Waals surface area contributed by atoms with Crippen molar-refractivity contribution in [1.82, 2.24) is 5.32 Å². The van der Waals surface area contributed by atoms with Crippen LogP contribution in [0.1, 0.15) is 11.1 Å². The second-order valence-corrected chi connectivity index (χ2v) is 3.30. The molecule has 0 aliphatic carbocycles. The van der Waals surface area contributed by atoms with Crippen LogP contribution >= 0.6 is 0 Å². The lowest BCUT2D eigenvalue weighted by molar-refractivity contribution is 0.124. The van der Waals surface area contributed by atoms with Crippen LogP contribution in [0.15, 0.2) is 18.2 Å². The number of ether oxygens (including phenoxy) is 2. The fraction of sp³-hybridized carbons (Fsp3) is 0.417. The average molecular weight is 220 g/mol. The van der Waals surface area contributed by atoms with Crippen molar-refractivity contribution in [3.8, 4) is 11.8 Å². The van der Waals surface area contributed by atoms with Gasteiger partial charge in [-0.3, -0.25) is 0 Å². The maximum atomic E-state index is 8.90. The largest absolute Gasteiger partial charge is 0.495 e. The van der Waals surface area contributed by atoms with E-state index in [0.717, 1.165) is 12.1 Å². The van der Waals surface area contributed by atoms with E-state index in [1.807, 2.05) is 13.1 Å². The van der Waals surface area contributed by atoms with Gasteiger partial charge in [-0.2, -0.15) is 5.26 Å². The molecule has 4 heteroatoms. The highest BCUT2D eigenvalue weighted by Crippen LogP contribution is 2.19. The van der Waals surface area contributed by atoms with E-state index >= 15 is 0 Å². The highest BCUT2D eigenvalue weighted by atomic mass is 16.5. The Hall–Kier alpha value is -1.57.